The van der Waals surface area contributed by atoms with Crippen molar-refractivity contribution in [1.29, 1.82) is 0 Å². The summed E-state index contributed by atoms with van der Waals surface area (Å²) in [6.07, 6.45) is 1.36. The maximum Gasteiger partial charge on any atom is 0.224 e. The SMILES string of the molecule is CC(C)(CO)Sc1ccc2c(c1)CCC(=O)N2. The predicted octanol–water partition coefficient (Wildman–Crippen LogP) is 2.43. The number of rotatable bonds is 3. The number of aryl methyl sites for hydroxylation is 1. The lowest BCUT2D eigenvalue weighted by Gasteiger charge is -2.23. The fourth-order valence-electron chi connectivity index (χ4n) is 1.77. The Balaban J connectivity index is 2.19. The lowest BCUT2D eigenvalue weighted by molar-refractivity contribution is -0.116. The minimum atomic E-state index is -0.174. The van der Waals surface area contributed by atoms with Crippen LogP contribution in [0.25, 0.3) is 0 Å². The molecule has 0 spiro atoms. The molecule has 17 heavy (non-hydrogen) atoms. The molecular weight excluding hydrogens is 234 g/mol. The number of hydrogen-bond acceptors (Lipinski definition) is 3. The number of fused-ring (bicyclic) bond motifs is 1. The highest BCUT2D eigenvalue weighted by Gasteiger charge is 2.20. The number of aliphatic hydroxyl groups is 1. The minimum absolute atomic E-state index is 0.0913. The zero-order chi connectivity index (χ0) is 12.5. The standard InChI is InChI=1S/C13H17NO2S/c1-13(2,8-15)17-10-4-5-11-9(7-10)3-6-12(16)14-11/h4-5,7,15H,3,6,8H2,1-2H3,(H,14,16). The first kappa shape index (κ1) is 12.5. The second-order valence-electron chi connectivity index (χ2n) is 4.89. The summed E-state index contributed by atoms with van der Waals surface area (Å²) in [5, 5.41) is 12.1. The lowest BCUT2D eigenvalue weighted by Crippen LogP contribution is -2.20. The number of hydrogen-bond donors (Lipinski definition) is 2. The molecule has 0 atom stereocenters. The van der Waals surface area contributed by atoms with Crippen LogP contribution in [0.5, 0.6) is 0 Å². The molecule has 1 aliphatic rings. The van der Waals surface area contributed by atoms with E-state index < -0.39 is 0 Å². The average molecular weight is 251 g/mol. The van der Waals surface area contributed by atoms with E-state index in [4.69, 9.17) is 0 Å². The number of nitrogens with one attached hydrogen (secondary N) is 1. The first-order valence-corrected chi connectivity index (χ1v) is 6.54. The summed E-state index contributed by atoms with van der Waals surface area (Å²) in [5.41, 5.74) is 2.11. The van der Waals surface area contributed by atoms with Gasteiger partial charge in [0.05, 0.1) is 6.61 Å². The third-order valence-electron chi connectivity index (χ3n) is 2.75. The largest absolute Gasteiger partial charge is 0.395 e. The lowest BCUT2D eigenvalue weighted by atomic mass is 10.0. The molecule has 4 heteroatoms. The topological polar surface area (TPSA) is 49.3 Å². The zero-order valence-corrected chi connectivity index (χ0v) is 10.9. The molecule has 2 N–H and O–H groups in total. The molecule has 1 aromatic carbocycles. The van der Waals surface area contributed by atoms with Gasteiger partial charge in [0.1, 0.15) is 0 Å². The highest BCUT2D eigenvalue weighted by atomic mass is 32.2. The van der Waals surface area contributed by atoms with E-state index >= 15 is 0 Å². The van der Waals surface area contributed by atoms with Crippen molar-refractivity contribution in [3.63, 3.8) is 0 Å². The fraction of sp³-hybridized carbons (Fsp3) is 0.462. The van der Waals surface area contributed by atoms with Gasteiger partial charge >= 0.3 is 0 Å². The maximum atomic E-state index is 11.2. The molecule has 1 aromatic rings. The highest BCUT2D eigenvalue weighted by Crippen LogP contribution is 2.35. The van der Waals surface area contributed by atoms with E-state index in [0.29, 0.717) is 6.42 Å². The maximum absolute atomic E-state index is 11.2. The Bertz CT molecular complexity index is 443. The Kier molecular flexibility index (Phi) is 3.45. The molecule has 2 rings (SSSR count). The monoisotopic (exact) mass is 251 g/mol. The smallest absolute Gasteiger partial charge is 0.224 e. The molecule has 3 nitrogen and oxygen atoms in total. The van der Waals surface area contributed by atoms with Gasteiger partial charge in [0.2, 0.25) is 5.91 Å². The molecule has 0 radical (unpaired) electrons. The Morgan fingerprint density at radius 3 is 2.88 bits per heavy atom. The number of benzene rings is 1. The molecule has 0 bridgehead atoms. The van der Waals surface area contributed by atoms with E-state index in [0.717, 1.165) is 17.0 Å². The van der Waals surface area contributed by atoms with Crippen molar-refractivity contribution >= 4 is 23.4 Å². The normalized spacial score (nSPS) is 15.4. The quantitative estimate of drug-likeness (QED) is 0.811. The number of carbonyl (C=O) groups excluding carboxylic acids is 1. The van der Waals surface area contributed by atoms with Gasteiger partial charge < -0.3 is 10.4 Å². The van der Waals surface area contributed by atoms with Crippen molar-refractivity contribution in [1.82, 2.24) is 0 Å². The van der Waals surface area contributed by atoms with Crippen molar-refractivity contribution in [3.05, 3.63) is 23.8 Å². The molecular formula is C13H17NO2S. The first-order chi connectivity index (χ1) is 8.00. The van der Waals surface area contributed by atoms with Crippen molar-refractivity contribution in [3.8, 4) is 0 Å². The summed E-state index contributed by atoms with van der Waals surface area (Å²) >= 11 is 1.66. The van der Waals surface area contributed by atoms with E-state index in [1.165, 1.54) is 5.56 Å². The predicted molar refractivity (Wildman–Crippen MR) is 70.4 cm³/mol. The van der Waals surface area contributed by atoms with Crippen molar-refractivity contribution in [2.45, 2.75) is 36.3 Å². The van der Waals surface area contributed by atoms with Gasteiger partial charge in [-0.1, -0.05) is 0 Å². The van der Waals surface area contributed by atoms with E-state index in [2.05, 4.69) is 11.4 Å². The van der Waals surface area contributed by atoms with Crippen LogP contribution in [0.2, 0.25) is 0 Å². The molecule has 0 saturated carbocycles. The number of anilines is 1. The summed E-state index contributed by atoms with van der Waals surface area (Å²) in [6.45, 7) is 4.17. The van der Waals surface area contributed by atoms with Gasteiger partial charge in [0, 0.05) is 21.8 Å². The zero-order valence-electron chi connectivity index (χ0n) is 10.1. The van der Waals surface area contributed by atoms with E-state index in [1.807, 2.05) is 26.0 Å². The summed E-state index contributed by atoms with van der Waals surface area (Å²) < 4.78 is -0.174. The molecule has 0 saturated heterocycles. The average Bonchev–Trinajstić information content (AvgIpc) is 2.29. The Hall–Kier alpha value is -1.00. The van der Waals surface area contributed by atoms with Crippen LogP contribution in [-0.2, 0) is 11.2 Å². The van der Waals surface area contributed by atoms with Gasteiger partial charge in [0.25, 0.3) is 0 Å². The molecule has 92 valence electrons. The Labute approximate surface area is 106 Å². The van der Waals surface area contributed by atoms with Crippen LogP contribution in [0.4, 0.5) is 5.69 Å². The van der Waals surface area contributed by atoms with Gasteiger partial charge in [-0.3, -0.25) is 4.79 Å². The second kappa shape index (κ2) is 4.70. The van der Waals surface area contributed by atoms with Crippen LogP contribution in [0.1, 0.15) is 25.8 Å². The number of amides is 1. The van der Waals surface area contributed by atoms with Gasteiger partial charge in [-0.2, -0.15) is 0 Å². The number of thioether (sulfide) groups is 1. The van der Waals surface area contributed by atoms with Gasteiger partial charge in [-0.25, -0.2) is 0 Å². The number of aliphatic hydroxyl groups excluding tert-OH is 1. The first-order valence-electron chi connectivity index (χ1n) is 5.73. The van der Waals surface area contributed by atoms with E-state index in [9.17, 15) is 9.90 Å². The van der Waals surface area contributed by atoms with Crippen LogP contribution >= 0.6 is 11.8 Å². The van der Waals surface area contributed by atoms with Crippen LogP contribution in [0.3, 0.4) is 0 Å². The van der Waals surface area contributed by atoms with E-state index in [-0.39, 0.29) is 17.3 Å². The van der Waals surface area contributed by atoms with Crippen LogP contribution in [0.15, 0.2) is 23.1 Å². The van der Waals surface area contributed by atoms with Gasteiger partial charge in [0.15, 0.2) is 0 Å². The Morgan fingerprint density at radius 2 is 2.18 bits per heavy atom. The van der Waals surface area contributed by atoms with Crippen LogP contribution < -0.4 is 5.32 Å². The van der Waals surface area contributed by atoms with Crippen molar-refractivity contribution in [2.24, 2.45) is 0 Å². The van der Waals surface area contributed by atoms with Crippen molar-refractivity contribution in [2.75, 3.05) is 11.9 Å². The minimum Gasteiger partial charge on any atom is -0.395 e. The van der Waals surface area contributed by atoms with Crippen molar-refractivity contribution < 1.29 is 9.90 Å². The molecule has 0 fully saturated rings. The summed E-state index contributed by atoms with van der Waals surface area (Å²) in [5.74, 6) is 0.0913. The summed E-state index contributed by atoms with van der Waals surface area (Å²) in [6, 6.07) is 6.05. The second-order valence-corrected chi connectivity index (χ2v) is 6.67. The van der Waals surface area contributed by atoms with Crippen LogP contribution in [-0.4, -0.2) is 22.4 Å². The molecule has 0 aromatic heterocycles. The molecule has 0 aliphatic carbocycles. The van der Waals surface area contributed by atoms with Gasteiger partial charge in [-0.15, -0.1) is 11.8 Å². The number of carbonyl (C=O) groups is 1. The molecule has 0 unspecified atom stereocenters. The summed E-state index contributed by atoms with van der Waals surface area (Å²) in [4.78, 5) is 12.4. The molecule has 1 heterocycles. The summed E-state index contributed by atoms with van der Waals surface area (Å²) in [7, 11) is 0. The Morgan fingerprint density at radius 1 is 1.41 bits per heavy atom. The fourth-order valence-corrected chi connectivity index (χ4v) is 2.81. The molecule has 1 amide bonds. The van der Waals surface area contributed by atoms with Crippen LogP contribution in [0, 0.1) is 0 Å². The third kappa shape index (κ3) is 3.01. The highest BCUT2D eigenvalue weighted by molar-refractivity contribution is 8.00. The third-order valence-corrected chi connectivity index (χ3v) is 3.92. The molecule has 1 aliphatic heterocycles. The van der Waals surface area contributed by atoms with Gasteiger partial charge in [-0.05, 0) is 44.0 Å². The van der Waals surface area contributed by atoms with E-state index in [1.54, 1.807) is 11.8 Å².